The van der Waals surface area contributed by atoms with Crippen LogP contribution in [0.4, 0.5) is 17.1 Å². The van der Waals surface area contributed by atoms with Gasteiger partial charge in [-0.15, -0.1) is 0 Å². The van der Waals surface area contributed by atoms with Crippen molar-refractivity contribution in [3.8, 4) is 0 Å². The summed E-state index contributed by atoms with van der Waals surface area (Å²) in [6.07, 6.45) is 5.85. The summed E-state index contributed by atoms with van der Waals surface area (Å²) in [6, 6.07) is 9.70. The van der Waals surface area contributed by atoms with Gasteiger partial charge in [0, 0.05) is 44.8 Å². The maximum absolute atomic E-state index is 12.4. The number of benzene rings is 1. The molecular formula is C18H22N4O. The molecule has 0 spiro atoms. The van der Waals surface area contributed by atoms with Crippen molar-refractivity contribution < 1.29 is 4.79 Å². The molecule has 3 rings (SSSR count). The second-order valence-electron chi connectivity index (χ2n) is 6.02. The maximum Gasteiger partial charge on any atom is 0.257 e. The summed E-state index contributed by atoms with van der Waals surface area (Å²) in [5.74, 6) is -0.129. The van der Waals surface area contributed by atoms with Gasteiger partial charge in [-0.1, -0.05) is 0 Å². The maximum atomic E-state index is 12.4. The summed E-state index contributed by atoms with van der Waals surface area (Å²) in [5.41, 5.74) is 3.50. The minimum absolute atomic E-state index is 0.129. The lowest BCUT2D eigenvalue weighted by atomic mass is 10.2. The standard InChI is InChI=1S/C18H22N4O/c1-21(2)16-7-5-15(6-8-16)20-18(23)14-11-17(13-19-12-14)22-9-3-4-10-22/h5-8,11-13H,3-4,9-10H2,1-2H3,(H,20,23). The molecule has 1 saturated heterocycles. The number of nitrogens with one attached hydrogen (secondary N) is 1. The van der Waals surface area contributed by atoms with Crippen LogP contribution in [0.15, 0.2) is 42.7 Å². The van der Waals surface area contributed by atoms with Gasteiger partial charge >= 0.3 is 0 Å². The molecule has 5 heteroatoms. The predicted molar refractivity (Wildman–Crippen MR) is 94.4 cm³/mol. The number of carbonyl (C=O) groups is 1. The summed E-state index contributed by atoms with van der Waals surface area (Å²) < 4.78 is 0. The van der Waals surface area contributed by atoms with Crippen LogP contribution in [-0.4, -0.2) is 38.1 Å². The van der Waals surface area contributed by atoms with Crippen molar-refractivity contribution in [2.75, 3.05) is 42.3 Å². The van der Waals surface area contributed by atoms with Crippen molar-refractivity contribution in [3.63, 3.8) is 0 Å². The molecule has 1 aromatic heterocycles. The Morgan fingerprint density at radius 3 is 2.48 bits per heavy atom. The molecule has 5 nitrogen and oxygen atoms in total. The monoisotopic (exact) mass is 310 g/mol. The Balaban J connectivity index is 1.71. The summed E-state index contributed by atoms with van der Waals surface area (Å²) in [7, 11) is 3.98. The van der Waals surface area contributed by atoms with Crippen LogP contribution in [0, 0.1) is 0 Å². The largest absolute Gasteiger partial charge is 0.378 e. The van der Waals surface area contributed by atoms with E-state index in [-0.39, 0.29) is 5.91 Å². The second-order valence-corrected chi connectivity index (χ2v) is 6.02. The molecular weight excluding hydrogens is 288 g/mol. The van der Waals surface area contributed by atoms with Crippen molar-refractivity contribution in [2.45, 2.75) is 12.8 Å². The molecule has 1 fully saturated rings. The number of amides is 1. The molecule has 0 unspecified atom stereocenters. The van der Waals surface area contributed by atoms with Crippen LogP contribution in [-0.2, 0) is 0 Å². The molecule has 1 N–H and O–H groups in total. The third-order valence-corrected chi connectivity index (χ3v) is 4.10. The highest BCUT2D eigenvalue weighted by molar-refractivity contribution is 6.04. The number of pyridine rings is 1. The smallest absolute Gasteiger partial charge is 0.257 e. The summed E-state index contributed by atoms with van der Waals surface area (Å²) in [6.45, 7) is 2.08. The van der Waals surface area contributed by atoms with Gasteiger partial charge in [-0.2, -0.15) is 0 Å². The van der Waals surface area contributed by atoms with E-state index in [1.165, 1.54) is 12.8 Å². The zero-order chi connectivity index (χ0) is 16.2. The van der Waals surface area contributed by atoms with Gasteiger partial charge in [0.1, 0.15) is 0 Å². The molecule has 0 atom stereocenters. The first-order chi connectivity index (χ1) is 11.1. The van der Waals surface area contributed by atoms with Crippen LogP contribution in [0.1, 0.15) is 23.2 Å². The van der Waals surface area contributed by atoms with E-state index >= 15 is 0 Å². The van der Waals surface area contributed by atoms with Crippen molar-refractivity contribution in [1.29, 1.82) is 0 Å². The topological polar surface area (TPSA) is 48.5 Å². The second kappa shape index (κ2) is 6.69. The van der Waals surface area contributed by atoms with Crippen molar-refractivity contribution >= 4 is 23.0 Å². The van der Waals surface area contributed by atoms with Crippen LogP contribution >= 0.6 is 0 Å². The van der Waals surface area contributed by atoms with E-state index < -0.39 is 0 Å². The quantitative estimate of drug-likeness (QED) is 0.943. The van der Waals surface area contributed by atoms with Gasteiger partial charge < -0.3 is 15.1 Å². The molecule has 0 saturated carbocycles. The summed E-state index contributed by atoms with van der Waals surface area (Å²) in [5, 5.41) is 2.93. The molecule has 0 aliphatic carbocycles. The fourth-order valence-electron chi connectivity index (χ4n) is 2.75. The van der Waals surface area contributed by atoms with Gasteiger partial charge in [0.25, 0.3) is 5.91 Å². The Kier molecular flexibility index (Phi) is 4.46. The van der Waals surface area contributed by atoms with Crippen molar-refractivity contribution in [2.24, 2.45) is 0 Å². The summed E-state index contributed by atoms with van der Waals surface area (Å²) in [4.78, 5) is 20.9. The van der Waals surface area contributed by atoms with E-state index in [0.29, 0.717) is 5.56 Å². The Hall–Kier alpha value is -2.56. The Morgan fingerprint density at radius 2 is 1.83 bits per heavy atom. The first-order valence-electron chi connectivity index (χ1n) is 7.92. The molecule has 0 radical (unpaired) electrons. The predicted octanol–water partition coefficient (Wildman–Crippen LogP) is 3.00. The SMILES string of the molecule is CN(C)c1ccc(NC(=O)c2cncc(N3CCCC3)c2)cc1. The first kappa shape index (κ1) is 15.3. The fraction of sp³-hybridized carbons (Fsp3) is 0.333. The molecule has 23 heavy (non-hydrogen) atoms. The highest BCUT2D eigenvalue weighted by Crippen LogP contribution is 2.21. The average molecular weight is 310 g/mol. The Morgan fingerprint density at radius 1 is 1.13 bits per heavy atom. The molecule has 2 heterocycles. The van der Waals surface area contributed by atoms with Crippen LogP contribution in [0.5, 0.6) is 0 Å². The molecule has 2 aromatic rings. The lowest BCUT2D eigenvalue weighted by molar-refractivity contribution is 0.102. The molecule has 1 aliphatic rings. The Labute approximate surface area is 136 Å². The van der Waals surface area contributed by atoms with Crippen LogP contribution < -0.4 is 15.1 Å². The van der Waals surface area contributed by atoms with Gasteiger partial charge in [-0.05, 0) is 43.2 Å². The first-order valence-corrected chi connectivity index (χ1v) is 7.92. The fourth-order valence-corrected chi connectivity index (χ4v) is 2.75. The summed E-state index contributed by atoms with van der Waals surface area (Å²) >= 11 is 0. The zero-order valence-electron chi connectivity index (χ0n) is 13.6. The van der Waals surface area contributed by atoms with E-state index in [4.69, 9.17) is 0 Å². The number of anilines is 3. The highest BCUT2D eigenvalue weighted by Gasteiger charge is 2.15. The third kappa shape index (κ3) is 3.62. The van der Waals surface area contributed by atoms with Crippen LogP contribution in [0.3, 0.4) is 0 Å². The van der Waals surface area contributed by atoms with E-state index in [2.05, 4.69) is 15.2 Å². The van der Waals surface area contributed by atoms with Gasteiger partial charge in [-0.3, -0.25) is 9.78 Å². The lowest BCUT2D eigenvalue weighted by Gasteiger charge is -2.17. The third-order valence-electron chi connectivity index (χ3n) is 4.10. The normalized spacial score (nSPS) is 13.9. The highest BCUT2D eigenvalue weighted by atomic mass is 16.1. The molecule has 1 amide bonds. The van der Waals surface area contributed by atoms with E-state index in [0.717, 1.165) is 30.2 Å². The van der Waals surface area contributed by atoms with Crippen LogP contribution in [0.25, 0.3) is 0 Å². The minimum Gasteiger partial charge on any atom is -0.378 e. The molecule has 1 aromatic carbocycles. The van der Waals surface area contributed by atoms with E-state index in [1.54, 1.807) is 6.20 Å². The zero-order valence-corrected chi connectivity index (χ0v) is 13.6. The molecule has 1 aliphatic heterocycles. The van der Waals surface area contributed by atoms with Gasteiger partial charge in [0.05, 0.1) is 17.4 Å². The molecule has 0 bridgehead atoms. The van der Waals surface area contributed by atoms with E-state index in [9.17, 15) is 4.79 Å². The number of carbonyl (C=O) groups excluding carboxylic acids is 1. The number of nitrogens with zero attached hydrogens (tertiary/aromatic N) is 3. The molecule has 120 valence electrons. The number of hydrogen-bond donors (Lipinski definition) is 1. The lowest BCUT2D eigenvalue weighted by Crippen LogP contribution is -2.19. The van der Waals surface area contributed by atoms with Crippen LogP contribution in [0.2, 0.25) is 0 Å². The number of hydrogen-bond acceptors (Lipinski definition) is 4. The van der Waals surface area contributed by atoms with Gasteiger partial charge in [-0.25, -0.2) is 0 Å². The Bertz CT molecular complexity index is 676. The van der Waals surface area contributed by atoms with E-state index in [1.807, 2.05) is 55.5 Å². The number of rotatable bonds is 4. The van der Waals surface area contributed by atoms with Gasteiger partial charge in [0.15, 0.2) is 0 Å². The van der Waals surface area contributed by atoms with Gasteiger partial charge in [0.2, 0.25) is 0 Å². The number of aromatic nitrogens is 1. The average Bonchev–Trinajstić information content (AvgIpc) is 3.10. The minimum atomic E-state index is -0.129. The van der Waals surface area contributed by atoms with Crippen molar-refractivity contribution in [3.05, 3.63) is 48.3 Å². The van der Waals surface area contributed by atoms with Crippen molar-refractivity contribution in [1.82, 2.24) is 4.98 Å².